The van der Waals surface area contributed by atoms with E-state index in [1.807, 2.05) is 0 Å². The number of fused-ring (bicyclic) bond motifs is 1. The van der Waals surface area contributed by atoms with Crippen molar-refractivity contribution >= 4 is 40.6 Å². The number of carbonyl (C=O) groups excluding carboxylic acids is 1. The molecule has 1 aromatic carbocycles. The fourth-order valence-electron chi connectivity index (χ4n) is 2.75. The van der Waals surface area contributed by atoms with Gasteiger partial charge in [0.1, 0.15) is 6.04 Å². The molecule has 0 bridgehead atoms. The zero-order chi connectivity index (χ0) is 26.7. The third-order valence-corrected chi connectivity index (χ3v) is 4.49. The molecule has 36 heavy (non-hydrogen) atoms. The fourth-order valence-corrected chi connectivity index (χ4v) is 2.75. The van der Waals surface area contributed by atoms with Crippen LogP contribution in [0.5, 0.6) is 0 Å². The first kappa shape index (κ1) is 27.6. The Morgan fingerprint density at radius 2 is 1.78 bits per heavy atom. The SMILES string of the molecule is NCCO.Nc1nc2ncc(CNc3ccc(C(=O)NC(CCC(=O)O)C(=O)O)cc3)nc2c(=O)[nH]1. The van der Waals surface area contributed by atoms with Crippen molar-refractivity contribution < 1.29 is 29.7 Å². The molecule has 0 aliphatic carbocycles. The molecular formula is C21H26N8O7. The van der Waals surface area contributed by atoms with E-state index < -0.39 is 29.4 Å². The second-order valence-electron chi connectivity index (χ2n) is 7.22. The Labute approximate surface area is 203 Å². The summed E-state index contributed by atoms with van der Waals surface area (Å²) in [7, 11) is 0. The van der Waals surface area contributed by atoms with Gasteiger partial charge < -0.3 is 37.4 Å². The second-order valence-corrected chi connectivity index (χ2v) is 7.22. The van der Waals surface area contributed by atoms with E-state index in [0.29, 0.717) is 17.9 Å². The maximum atomic E-state index is 12.3. The quantitative estimate of drug-likeness (QED) is 0.164. The van der Waals surface area contributed by atoms with Crippen LogP contribution in [0, 0.1) is 0 Å². The fraction of sp³-hybridized carbons (Fsp3) is 0.286. The topological polar surface area (TPSA) is 260 Å². The summed E-state index contributed by atoms with van der Waals surface area (Å²) in [5.41, 5.74) is 11.2. The van der Waals surface area contributed by atoms with E-state index in [-0.39, 0.29) is 48.7 Å². The molecule has 192 valence electrons. The van der Waals surface area contributed by atoms with Gasteiger partial charge in [0, 0.05) is 24.2 Å². The highest BCUT2D eigenvalue weighted by Gasteiger charge is 2.21. The van der Waals surface area contributed by atoms with Gasteiger partial charge >= 0.3 is 11.9 Å². The average Bonchev–Trinajstić information content (AvgIpc) is 2.85. The molecule has 0 aliphatic rings. The standard InChI is InChI=1S/C19H19N7O6.C2H7NO/c20-19-25-15-14(17(30)26-19)23-11(8-22-15)7-21-10-3-1-9(2-4-10)16(29)24-12(18(31)32)5-6-13(27)28;3-1-2-4/h1-4,8,12,21H,5-7H2,(H,24,29)(H,27,28)(H,31,32)(H3,20,22,25,26,30);4H,1-3H2. The molecule has 0 saturated carbocycles. The number of hydrogen-bond acceptors (Lipinski definition) is 11. The molecule has 0 fully saturated rings. The molecule has 1 unspecified atom stereocenters. The minimum absolute atomic E-state index is 0.0524. The summed E-state index contributed by atoms with van der Waals surface area (Å²) in [5.74, 6) is -3.16. The van der Waals surface area contributed by atoms with Crippen molar-refractivity contribution in [2.45, 2.75) is 25.4 Å². The van der Waals surface area contributed by atoms with E-state index in [9.17, 15) is 19.2 Å². The summed E-state index contributed by atoms with van der Waals surface area (Å²) in [6.07, 6.45) is 0.840. The molecule has 3 aromatic rings. The number of H-pyrrole nitrogens is 1. The molecule has 1 amide bonds. The van der Waals surface area contributed by atoms with Gasteiger partial charge in [-0.05, 0) is 30.7 Å². The number of hydrogen-bond donors (Lipinski definition) is 8. The third kappa shape index (κ3) is 8.30. The molecule has 15 heteroatoms. The first-order valence-electron chi connectivity index (χ1n) is 10.6. The lowest BCUT2D eigenvalue weighted by atomic mass is 10.1. The first-order valence-corrected chi connectivity index (χ1v) is 10.6. The number of aliphatic hydroxyl groups excluding tert-OH is 1. The predicted octanol–water partition coefficient (Wildman–Crippen LogP) is -1.11. The Bertz CT molecular complexity index is 1260. The number of anilines is 2. The monoisotopic (exact) mass is 502 g/mol. The number of nitrogens with two attached hydrogens (primary N) is 2. The molecule has 2 heterocycles. The highest BCUT2D eigenvalue weighted by atomic mass is 16.4. The number of nitrogens with one attached hydrogen (secondary N) is 3. The van der Waals surface area contributed by atoms with Gasteiger partial charge in [0.25, 0.3) is 11.5 Å². The summed E-state index contributed by atoms with van der Waals surface area (Å²) in [6, 6.07) is 4.86. The predicted molar refractivity (Wildman–Crippen MR) is 128 cm³/mol. The van der Waals surface area contributed by atoms with Crippen molar-refractivity contribution in [2.24, 2.45) is 5.73 Å². The summed E-state index contributed by atoms with van der Waals surface area (Å²) in [4.78, 5) is 60.6. The molecule has 2 aromatic heterocycles. The van der Waals surface area contributed by atoms with E-state index >= 15 is 0 Å². The summed E-state index contributed by atoms with van der Waals surface area (Å²) in [5, 5.41) is 30.9. The summed E-state index contributed by atoms with van der Waals surface area (Å²) in [6.45, 7) is 0.703. The van der Waals surface area contributed by atoms with Crippen molar-refractivity contribution in [3.8, 4) is 0 Å². The van der Waals surface area contributed by atoms with Gasteiger partial charge in [-0.3, -0.25) is 19.4 Å². The number of benzene rings is 1. The minimum atomic E-state index is -1.31. The Morgan fingerprint density at radius 3 is 2.36 bits per heavy atom. The number of carboxylic acid groups (broad SMARTS) is 2. The Kier molecular flexibility index (Phi) is 10.2. The van der Waals surface area contributed by atoms with Crippen LogP contribution in [-0.2, 0) is 16.1 Å². The minimum Gasteiger partial charge on any atom is -0.481 e. The number of amides is 1. The summed E-state index contributed by atoms with van der Waals surface area (Å²) >= 11 is 0. The number of aliphatic carboxylic acids is 2. The number of nitrogen functional groups attached to an aromatic ring is 1. The van der Waals surface area contributed by atoms with E-state index in [2.05, 4.69) is 30.6 Å². The van der Waals surface area contributed by atoms with Crippen LogP contribution in [0.3, 0.4) is 0 Å². The lowest BCUT2D eigenvalue weighted by Gasteiger charge is -2.14. The van der Waals surface area contributed by atoms with Crippen molar-refractivity contribution in [1.82, 2.24) is 25.3 Å². The highest BCUT2D eigenvalue weighted by molar-refractivity contribution is 5.96. The number of rotatable bonds is 10. The van der Waals surface area contributed by atoms with Gasteiger partial charge in [-0.25, -0.2) is 14.8 Å². The lowest BCUT2D eigenvalue weighted by molar-refractivity contribution is -0.140. The zero-order valence-electron chi connectivity index (χ0n) is 19.0. The van der Waals surface area contributed by atoms with Gasteiger partial charge in [0.15, 0.2) is 11.2 Å². The number of carboxylic acids is 2. The van der Waals surface area contributed by atoms with E-state index in [1.54, 1.807) is 12.1 Å². The number of nitrogens with zero attached hydrogens (tertiary/aromatic N) is 3. The van der Waals surface area contributed by atoms with Crippen LogP contribution in [0.25, 0.3) is 11.2 Å². The Hall–Kier alpha value is -4.63. The van der Waals surface area contributed by atoms with Gasteiger partial charge in [-0.2, -0.15) is 4.98 Å². The number of aromatic nitrogens is 4. The molecule has 0 aliphatic heterocycles. The van der Waals surface area contributed by atoms with Gasteiger partial charge in [0.05, 0.1) is 25.0 Å². The van der Waals surface area contributed by atoms with Crippen LogP contribution in [-0.4, -0.2) is 72.3 Å². The van der Waals surface area contributed by atoms with E-state index in [0.717, 1.165) is 0 Å². The summed E-state index contributed by atoms with van der Waals surface area (Å²) < 4.78 is 0. The van der Waals surface area contributed by atoms with Crippen LogP contribution in [0.15, 0.2) is 35.3 Å². The molecule has 1 atom stereocenters. The molecular weight excluding hydrogens is 476 g/mol. The molecule has 10 N–H and O–H groups in total. The highest BCUT2D eigenvalue weighted by Crippen LogP contribution is 2.12. The molecule has 3 rings (SSSR count). The average molecular weight is 502 g/mol. The second kappa shape index (κ2) is 13.3. The van der Waals surface area contributed by atoms with Gasteiger partial charge in [-0.1, -0.05) is 0 Å². The smallest absolute Gasteiger partial charge is 0.326 e. The molecule has 0 spiro atoms. The molecule has 0 saturated heterocycles. The first-order chi connectivity index (χ1) is 17.1. The van der Waals surface area contributed by atoms with Crippen LogP contribution < -0.4 is 27.7 Å². The van der Waals surface area contributed by atoms with E-state index in [1.165, 1.54) is 18.3 Å². The van der Waals surface area contributed by atoms with Crippen LogP contribution in [0.4, 0.5) is 11.6 Å². The van der Waals surface area contributed by atoms with Crippen molar-refractivity contribution in [3.05, 3.63) is 52.1 Å². The van der Waals surface area contributed by atoms with Crippen LogP contribution in [0.1, 0.15) is 28.9 Å². The lowest BCUT2D eigenvalue weighted by Crippen LogP contribution is -2.41. The molecule has 0 radical (unpaired) electrons. The van der Waals surface area contributed by atoms with E-state index in [4.69, 9.17) is 26.8 Å². The van der Waals surface area contributed by atoms with Crippen LogP contribution >= 0.6 is 0 Å². The Balaban J connectivity index is 0.00000106. The number of carbonyl (C=O) groups is 3. The van der Waals surface area contributed by atoms with Crippen molar-refractivity contribution in [2.75, 3.05) is 24.2 Å². The maximum Gasteiger partial charge on any atom is 0.326 e. The molecule has 15 nitrogen and oxygen atoms in total. The van der Waals surface area contributed by atoms with Crippen molar-refractivity contribution in [1.29, 1.82) is 0 Å². The Morgan fingerprint density at radius 1 is 1.11 bits per heavy atom. The normalized spacial score (nSPS) is 11.2. The number of aromatic amines is 1. The van der Waals surface area contributed by atoms with Gasteiger partial charge in [-0.15, -0.1) is 0 Å². The zero-order valence-corrected chi connectivity index (χ0v) is 19.0. The van der Waals surface area contributed by atoms with Crippen LogP contribution in [0.2, 0.25) is 0 Å². The number of aliphatic hydroxyl groups is 1. The van der Waals surface area contributed by atoms with Gasteiger partial charge in [0.2, 0.25) is 5.95 Å². The largest absolute Gasteiger partial charge is 0.481 e. The van der Waals surface area contributed by atoms with Crippen molar-refractivity contribution in [3.63, 3.8) is 0 Å². The third-order valence-electron chi connectivity index (χ3n) is 4.49. The maximum absolute atomic E-state index is 12.3.